The van der Waals surface area contributed by atoms with E-state index < -0.39 is 0 Å². The third-order valence-corrected chi connectivity index (χ3v) is 4.14. The predicted molar refractivity (Wildman–Crippen MR) is 90.8 cm³/mol. The summed E-state index contributed by atoms with van der Waals surface area (Å²) in [5.41, 5.74) is 6.80. The monoisotopic (exact) mass is 349 g/mol. The normalized spacial score (nSPS) is 13.1. The topological polar surface area (TPSA) is 88.2 Å². The Kier molecular flexibility index (Phi) is 5.37. The third kappa shape index (κ3) is 4.51. The van der Waals surface area contributed by atoms with Gasteiger partial charge in [-0.1, -0.05) is 5.16 Å². The highest BCUT2D eigenvalue weighted by Gasteiger charge is 2.13. The summed E-state index contributed by atoms with van der Waals surface area (Å²) >= 11 is 1.56. The van der Waals surface area contributed by atoms with Crippen molar-refractivity contribution in [2.45, 2.75) is 19.8 Å². The van der Waals surface area contributed by atoms with E-state index in [0.29, 0.717) is 37.6 Å². The van der Waals surface area contributed by atoms with E-state index in [1.807, 2.05) is 30.5 Å². The van der Waals surface area contributed by atoms with Crippen LogP contribution in [0.4, 0.5) is 0 Å². The molecule has 0 aliphatic carbocycles. The number of nitrogens with zero attached hydrogens (tertiary/aromatic N) is 2. The molecule has 1 aliphatic heterocycles. The molecule has 24 heavy (non-hydrogen) atoms. The van der Waals surface area contributed by atoms with Gasteiger partial charge in [0.15, 0.2) is 11.5 Å². The Hall–Kier alpha value is -2.48. The van der Waals surface area contributed by atoms with Gasteiger partial charge < -0.3 is 24.8 Å². The molecule has 0 amide bonds. The first-order valence-electron chi connectivity index (χ1n) is 7.58. The molecule has 0 unspecified atom stereocenters. The van der Waals surface area contributed by atoms with Crippen molar-refractivity contribution < 1.29 is 19.0 Å². The van der Waals surface area contributed by atoms with Crippen LogP contribution < -0.4 is 19.9 Å². The molecule has 0 bridgehead atoms. The molecular weight excluding hydrogens is 330 g/mol. The second kappa shape index (κ2) is 7.87. The van der Waals surface area contributed by atoms with Crippen molar-refractivity contribution in [2.75, 3.05) is 20.0 Å². The minimum atomic E-state index is 0.257. The molecule has 0 saturated carbocycles. The van der Waals surface area contributed by atoms with Gasteiger partial charge in [0.1, 0.15) is 23.2 Å². The minimum absolute atomic E-state index is 0.257. The number of nitrogens with two attached hydrogens (primary N) is 1. The average molecular weight is 349 g/mol. The largest absolute Gasteiger partial charge is 0.493 e. The van der Waals surface area contributed by atoms with Crippen LogP contribution in [0.1, 0.15) is 17.1 Å². The van der Waals surface area contributed by atoms with Gasteiger partial charge in [0.25, 0.3) is 0 Å². The number of amidine groups is 1. The molecule has 2 aromatic rings. The van der Waals surface area contributed by atoms with Crippen LogP contribution >= 0.6 is 11.3 Å². The summed E-state index contributed by atoms with van der Waals surface area (Å²) in [6.07, 6.45) is 1.20. The van der Waals surface area contributed by atoms with E-state index in [1.54, 1.807) is 11.3 Å². The summed E-state index contributed by atoms with van der Waals surface area (Å²) in [5, 5.41) is 6.81. The van der Waals surface area contributed by atoms with Crippen molar-refractivity contribution in [3.63, 3.8) is 0 Å². The maximum absolute atomic E-state index is 5.81. The van der Waals surface area contributed by atoms with Crippen molar-refractivity contribution in [3.05, 3.63) is 34.3 Å². The molecule has 1 aliphatic rings. The first kappa shape index (κ1) is 16.4. The molecule has 1 aromatic carbocycles. The van der Waals surface area contributed by atoms with E-state index in [9.17, 15) is 0 Å². The lowest BCUT2D eigenvalue weighted by molar-refractivity contribution is 0.127. The fraction of sp³-hybridized carbons (Fsp3) is 0.375. The lowest BCUT2D eigenvalue weighted by Crippen LogP contribution is -2.15. The van der Waals surface area contributed by atoms with Gasteiger partial charge in [-0.15, -0.1) is 11.3 Å². The number of rotatable bonds is 8. The summed E-state index contributed by atoms with van der Waals surface area (Å²) in [6, 6.07) is 5.50. The van der Waals surface area contributed by atoms with Crippen molar-refractivity contribution in [1.29, 1.82) is 0 Å². The molecular formula is C16H19N3O4S. The summed E-state index contributed by atoms with van der Waals surface area (Å²) in [6.45, 7) is 3.15. The number of ether oxygens (including phenoxy) is 3. The summed E-state index contributed by atoms with van der Waals surface area (Å²) < 4.78 is 16.2. The summed E-state index contributed by atoms with van der Waals surface area (Å²) in [4.78, 5) is 9.53. The Bertz CT molecular complexity index is 717. The van der Waals surface area contributed by atoms with E-state index in [-0.39, 0.29) is 6.79 Å². The van der Waals surface area contributed by atoms with Crippen LogP contribution in [-0.2, 0) is 11.3 Å². The Morgan fingerprint density at radius 1 is 1.33 bits per heavy atom. The quantitative estimate of drug-likeness (QED) is 0.341. The van der Waals surface area contributed by atoms with Gasteiger partial charge in [-0.2, -0.15) is 0 Å². The maximum atomic E-state index is 5.81. The van der Waals surface area contributed by atoms with Gasteiger partial charge in [-0.3, -0.25) is 0 Å². The van der Waals surface area contributed by atoms with Crippen molar-refractivity contribution in [2.24, 2.45) is 10.9 Å². The van der Waals surface area contributed by atoms with Crippen LogP contribution in [0.15, 0.2) is 28.7 Å². The number of benzene rings is 1. The molecule has 0 spiro atoms. The van der Waals surface area contributed by atoms with Gasteiger partial charge in [-0.05, 0) is 19.1 Å². The second-order valence-corrected chi connectivity index (χ2v) is 6.13. The lowest BCUT2D eigenvalue weighted by Gasteiger charge is -2.06. The molecule has 0 radical (unpaired) electrons. The molecule has 3 rings (SSSR count). The molecule has 8 heteroatoms. The van der Waals surface area contributed by atoms with Gasteiger partial charge in [0.2, 0.25) is 6.79 Å². The van der Waals surface area contributed by atoms with Crippen LogP contribution in [0.3, 0.4) is 0 Å². The molecule has 7 nitrogen and oxygen atoms in total. The van der Waals surface area contributed by atoms with Crippen LogP contribution in [0.5, 0.6) is 17.2 Å². The van der Waals surface area contributed by atoms with Crippen molar-refractivity contribution >= 4 is 17.2 Å². The first-order valence-corrected chi connectivity index (χ1v) is 8.46. The predicted octanol–water partition coefficient (Wildman–Crippen LogP) is 2.48. The number of aromatic nitrogens is 1. The second-order valence-electron chi connectivity index (χ2n) is 5.19. The Morgan fingerprint density at radius 2 is 2.21 bits per heavy atom. The maximum Gasteiger partial charge on any atom is 0.231 e. The van der Waals surface area contributed by atoms with Crippen LogP contribution in [-0.4, -0.2) is 30.8 Å². The molecule has 0 fully saturated rings. The molecule has 128 valence electrons. The van der Waals surface area contributed by atoms with Crippen molar-refractivity contribution in [1.82, 2.24) is 4.98 Å². The number of hydrogen-bond acceptors (Lipinski definition) is 7. The van der Waals surface area contributed by atoms with E-state index in [1.165, 1.54) is 0 Å². The van der Waals surface area contributed by atoms with Gasteiger partial charge in [0, 0.05) is 23.6 Å². The minimum Gasteiger partial charge on any atom is -0.493 e. The fourth-order valence-corrected chi connectivity index (χ4v) is 2.87. The van der Waals surface area contributed by atoms with Crippen LogP contribution in [0.2, 0.25) is 0 Å². The molecule has 2 N–H and O–H groups in total. The Labute approximate surface area is 144 Å². The number of oxime groups is 1. The van der Waals surface area contributed by atoms with Gasteiger partial charge >= 0.3 is 0 Å². The Balaban J connectivity index is 1.33. The van der Waals surface area contributed by atoms with Crippen molar-refractivity contribution in [3.8, 4) is 17.2 Å². The zero-order valence-corrected chi connectivity index (χ0v) is 14.2. The number of hydrogen-bond donors (Lipinski definition) is 1. The average Bonchev–Trinajstić information content (AvgIpc) is 3.19. The van der Waals surface area contributed by atoms with Crippen LogP contribution in [0, 0.1) is 6.92 Å². The lowest BCUT2D eigenvalue weighted by atomic mass is 10.3. The number of fused-ring (bicyclic) bond motifs is 1. The first-order chi connectivity index (χ1) is 11.7. The highest BCUT2D eigenvalue weighted by atomic mass is 32.1. The van der Waals surface area contributed by atoms with Crippen LogP contribution in [0.25, 0.3) is 0 Å². The standard InChI is InChI=1S/C16H19N3O4S/c1-11-9-24-16(18-11)8-15(17)19-23-6-2-5-20-12-3-4-13-14(7-12)22-10-21-13/h3-4,7,9H,2,5-6,8,10H2,1H3,(H2,17,19). The Morgan fingerprint density at radius 3 is 3.04 bits per heavy atom. The molecule has 0 saturated heterocycles. The zero-order chi connectivity index (χ0) is 16.8. The summed E-state index contributed by atoms with van der Waals surface area (Å²) in [5.74, 6) is 2.60. The fourth-order valence-electron chi connectivity index (χ4n) is 2.08. The van der Waals surface area contributed by atoms with E-state index in [4.69, 9.17) is 24.8 Å². The molecule has 0 atom stereocenters. The molecule has 2 heterocycles. The van der Waals surface area contributed by atoms with E-state index >= 15 is 0 Å². The summed E-state index contributed by atoms with van der Waals surface area (Å²) in [7, 11) is 0. The van der Waals surface area contributed by atoms with E-state index in [2.05, 4.69) is 10.1 Å². The van der Waals surface area contributed by atoms with Gasteiger partial charge in [-0.25, -0.2) is 4.98 Å². The highest BCUT2D eigenvalue weighted by molar-refractivity contribution is 7.09. The molecule has 1 aromatic heterocycles. The number of aryl methyl sites for hydroxylation is 1. The SMILES string of the molecule is Cc1csc(C/C(N)=N/OCCCOc2ccc3c(c2)OCO3)n1. The highest BCUT2D eigenvalue weighted by Crippen LogP contribution is 2.35. The van der Waals surface area contributed by atoms with Gasteiger partial charge in [0.05, 0.1) is 13.0 Å². The third-order valence-electron chi connectivity index (χ3n) is 3.17. The smallest absolute Gasteiger partial charge is 0.231 e. The number of thiazole rings is 1. The van der Waals surface area contributed by atoms with E-state index in [0.717, 1.165) is 22.2 Å². The zero-order valence-electron chi connectivity index (χ0n) is 13.4.